The van der Waals surface area contributed by atoms with Crippen LogP contribution in [0.4, 0.5) is 0 Å². The molecule has 0 radical (unpaired) electrons. The monoisotopic (exact) mass is 281 g/mol. The van der Waals surface area contributed by atoms with Crippen LogP contribution in [0.15, 0.2) is 42.5 Å². The van der Waals surface area contributed by atoms with Gasteiger partial charge in [-0.2, -0.15) is 0 Å². The van der Waals surface area contributed by atoms with E-state index in [4.69, 9.17) is 0 Å². The third-order valence-electron chi connectivity index (χ3n) is 4.41. The van der Waals surface area contributed by atoms with Crippen LogP contribution in [0.5, 0.6) is 0 Å². The summed E-state index contributed by atoms with van der Waals surface area (Å²) in [5.41, 5.74) is 6.62. The summed E-state index contributed by atoms with van der Waals surface area (Å²) in [5, 5.41) is 12.8. The average molecular weight is 281 g/mol. The third kappa shape index (κ3) is 3.34. The van der Waals surface area contributed by atoms with Crippen molar-refractivity contribution in [3.63, 3.8) is 0 Å². The fraction of sp³-hybridized carbons (Fsp3) is 0.368. The first-order valence-corrected chi connectivity index (χ1v) is 7.80. The van der Waals surface area contributed by atoms with E-state index in [1.165, 1.54) is 41.5 Å². The van der Waals surface area contributed by atoms with Gasteiger partial charge in [0.25, 0.3) is 0 Å². The minimum absolute atomic E-state index is 0.103. The van der Waals surface area contributed by atoms with Gasteiger partial charge in [0.05, 0.1) is 6.61 Å². The Balaban J connectivity index is 1.64. The highest BCUT2D eigenvalue weighted by molar-refractivity contribution is 5.35. The molecule has 1 unspecified atom stereocenters. The van der Waals surface area contributed by atoms with Crippen LogP contribution in [0.3, 0.4) is 0 Å². The molecule has 0 fully saturated rings. The van der Waals surface area contributed by atoms with Gasteiger partial charge in [-0.1, -0.05) is 42.5 Å². The lowest BCUT2D eigenvalue weighted by molar-refractivity contribution is 0.281. The fourth-order valence-corrected chi connectivity index (χ4v) is 3.08. The highest BCUT2D eigenvalue weighted by Gasteiger charge is 2.11. The van der Waals surface area contributed by atoms with E-state index in [1.54, 1.807) is 0 Å². The minimum atomic E-state index is 0.103. The largest absolute Gasteiger partial charge is 0.392 e. The molecule has 2 heteroatoms. The Morgan fingerprint density at radius 1 is 1.05 bits per heavy atom. The summed E-state index contributed by atoms with van der Waals surface area (Å²) < 4.78 is 0. The lowest BCUT2D eigenvalue weighted by atomic mass is 10.0. The quantitative estimate of drug-likeness (QED) is 0.879. The van der Waals surface area contributed by atoms with E-state index < -0.39 is 0 Å². The summed E-state index contributed by atoms with van der Waals surface area (Å²) in [6.45, 7) is 3.16. The predicted molar refractivity (Wildman–Crippen MR) is 86.1 cm³/mol. The second-order valence-corrected chi connectivity index (χ2v) is 5.96. The maximum atomic E-state index is 9.22. The van der Waals surface area contributed by atoms with E-state index in [2.05, 4.69) is 42.6 Å². The number of fused-ring (bicyclic) bond motifs is 1. The molecule has 0 amide bonds. The van der Waals surface area contributed by atoms with Gasteiger partial charge in [-0.05, 0) is 54.0 Å². The maximum absolute atomic E-state index is 9.22. The number of aliphatic hydroxyl groups is 1. The Morgan fingerprint density at radius 2 is 1.90 bits per heavy atom. The molecule has 1 atom stereocenters. The van der Waals surface area contributed by atoms with Crippen molar-refractivity contribution in [2.75, 3.05) is 0 Å². The van der Waals surface area contributed by atoms with Crippen molar-refractivity contribution in [1.82, 2.24) is 5.32 Å². The molecule has 0 bridgehead atoms. The Labute approximate surface area is 126 Å². The van der Waals surface area contributed by atoms with Gasteiger partial charge in [0.1, 0.15) is 0 Å². The molecule has 2 nitrogen and oxygen atoms in total. The van der Waals surface area contributed by atoms with Crippen LogP contribution in [0.1, 0.15) is 47.2 Å². The second kappa shape index (κ2) is 6.42. The zero-order chi connectivity index (χ0) is 14.7. The number of aliphatic hydroxyl groups excluding tert-OH is 1. The maximum Gasteiger partial charge on any atom is 0.0681 e. The van der Waals surface area contributed by atoms with E-state index in [0.29, 0.717) is 0 Å². The lowest BCUT2D eigenvalue weighted by Gasteiger charge is -2.15. The molecular weight excluding hydrogens is 258 g/mol. The number of hydrogen-bond acceptors (Lipinski definition) is 2. The molecule has 2 aromatic carbocycles. The van der Waals surface area contributed by atoms with Crippen molar-refractivity contribution >= 4 is 0 Å². The Hall–Kier alpha value is -1.64. The van der Waals surface area contributed by atoms with E-state index in [0.717, 1.165) is 12.1 Å². The zero-order valence-corrected chi connectivity index (χ0v) is 12.6. The summed E-state index contributed by atoms with van der Waals surface area (Å²) in [6, 6.07) is 15.3. The minimum Gasteiger partial charge on any atom is -0.392 e. The van der Waals surface area contributed by atoms with E-state index >= 15 is 0 Å². The van der Waals surface area contributed by atoms with Gasteiger partial charge in [0.2, 0.25) is 0 Å². The lowest BCUT2D eigenvalue weighted by Crippen LogP contribution is -2.18. The molecular formula is C19H23NO. The van der Waals surface area contributed by atoms with Crippen molar-refractivity contribution in [3.05, 3.63) is 70.3 Å². The van der Waals surface area contributed by atoms with Crippen LogP contribution in [0.2, 0.25) is 0 Å². The zero-order valence-electron chi connectivity index (χ0n) is 12.6. The summed E-state index contributed by atoms with van der Waals surface area (Å²) in [6.07, 6.45) is 3.78. The van der Waals surface area contributed by atoms with Crippen LogP contribution in [-0.2, 0) is 26.0 Å². The molecule has 0 saturated carbocycles. The van der Waals surface area contributed by atoms with Crippen molar-refractivity contribution in [2.45, 2.75) is 45.4 Å². The van der Waals surface area contributed by atoms with Crippen LogP contribution in [0, 0.1) is 0 Å². The van der Waals surface area contributed by atoms with Gasteiger partial charge in [0.15, 0.2) is 0 Å². The summed E-state index contributed by atoms with van der Waals surface area (Å²) in [5.74, 6) is 0. The highest BCUT2D eigenvalue weighted by atomic mass is 16.3. The normalized spacial score (nSPS) is 15.0. The van der Waals surface area contributed by atoms with Crippen molar-refractivity contribution in [2.24, 2.45) is 0 Å². The number of nitrogens with one attached hydrogen (secondary N) is 1. The van der Waals surface area contributed by atoms with Gasteiger partial charge in [0, 0.05) is 12.6 Å². The van der Waals surface area contributed by atoms with E-state index in [1.807, 2.05) is 12.1 Å². The molecule has 2 N–H and O–H groups in total. The van der Waals surface area contributed by atoms with E-state index in [9.17, 15) is 5.11 Å². The first kappa shape index (κ1) is 14.3. The van der Waals surface area contributed by atoms with E-state index in [-0.39, 0.29) is 12.6 Å². The van der Waals surface area contributed by atoms with Crippen LogP contribution in [-0.4, -0.2) is 5.11 Å². The predicted octanol–water partition coefficient (Wildman–Crippen LogP) is 3.52. The molecule has 0 spiro atoms. The molecule has 1 aliphatic carbocycles. The van der Waals surface area contributed by atoms with Gasteiger partial charge in [-0.3, -0.25) is 0 Å². The van der Waals surface area contributed by atoms with Gasteiger partial charge >= 0.3 is 0 Å². The summed E-state index contributed by atoms with van der Waals surface area (Å²) in [4.78, 5) is 0. The Kier molecular flexibility index (Phi) is 4.37. The Morgan fingerprint density at radius 3 is 2.76 bits per heavy atom. The molecule has 2 aromatic rings. The number of rotatable bonds is 5. The first-order chi connectivity index (χ1) is 10.3. The van der Waals surface area contributed by atoms with Crippen LogP contribution in [0.25, 0.3) is 0 Å². The van der Waals surface area contributed by atoms with Crippen molar-refractivity contribution in [3.8, 4) is 0 Å². The molecule has 1 aliphatic rings. The first-order valence-electron chi connectivity index (χ1n) is 7.80. The summed E-state index contributed by atoms with van der Waals surface area (Å²) >= 11 is 0. The van der Waals surface area contributed by atoms with Gasteiger partial charge in [-0.25, -0.2) is 0 Å². The molecule has 110 valence electrons. The Bertz CT molecular complexity index is 621. The third-order valence-corrected chi connectivity index (χ3v) is 4.41. The standard InChI is InChI=1S/C19H23NO/c1-14(18-6-2-4-16(11-18)13-21)20-12-15-8-9-17-5-3-7-19(17)10-15/h2,4,6,8-11,14,20-21H,3,5,7,12-13H2,1H3. The van der Waals surface area contributed by atoms with Gasteiger partial charge in [-0.15, -0.1) is 0 Å². The van der Waals surface area contributed by atoms with Gasteiger partial charge < -0.3 is 10.4 Å². The molecule has 0 aromatic heterocycles. The number of benzene rings is 2. The fourth-order valence-electron chi connectivity index (χ4n) is 3.08. The summed E-state index contributed by atoms with van der Waals surface area (Å²) in [7, 11) is 0. The smallest absolute Gasteiger partial charge is 0.0681 e. The van der Waals surface area contributed by atoms with Crippen molar-refractivity contribution in [1.29, 1.82) is 0 Å². The highest BCUT2D eigenvalue weighted by Crippen LogP contribution is 2.23. The molecule has 0 aliphatic heterocycles. The van der Waals surface area contributed by atoms with Crippen LogP contribution >= 0.6 is 0 Å². The van der Waals surface area contributed by atoms with Crippen molar-refractivity contribution < 1.29 is 5.11 Å². The molecule has 0 saturated heterocycles. The SMILES string of the molecule is CC(NCc1ccc2c(c1)CCC2)c1cccc(CO)c1. The molecule has 3 rings (SSSR count). The number of aryl methyl sites for hydroxylation is 2. The van der Waals surface area contributed by atoms with Crippen LogP contribution < -0.4 is 5.32 Å². The molecule has 0 heterocycles. The topological polar surface area (TPSA) is 32.3 Å². The average Bonchev–Trinajstić information content (AvgIpc) is 3.00. The number of hydrogen-bond donors (Lipinski definition) is 2. The second-order valence-electron chi connectivity index (χ2n) is 5.96. The molecule has 21 heavy (non-hydrogen) atoms.